The van der Waals surface area contributed by atoms with Crippen molar-refractivity contribution < 1.29 is 52.2 Å². The van der Waals surface area contributed by atoms with Crippen molar-refractivity contribution in [3.8, 4) is 0 Å². The van der Waals surface area contributed by atoms with Gasteiger partial charge in [-0.2, -0.15) is 0 Å². The minimum absolute atomic E-state index is 0.153. The largest absolute Gasteiger partial charge is 0.472 e. The third-order valence-corrected chi connectivity index (χ3v) is 13.2. The SMILES string of the molecule is CCCCC/C=C\C/C=C\C/C=C\CCCCCCCCC(=O)OC(COC(=O)CCCCCCC/C=C\CCCCCC)COP(=O)(O)OCC(CO)OC(=O)CCCCCCCCCCCCC. The molecule has 0 fully saturated rings. The number of hydrogen-bond donors (Lipinski definition) is 2. The number of unbranched alkanes of at least 4 members (excludes halogenated alkanes) is 28. The van der Waals surface area contributed by atoms with Crippen LogP contribution in [0, 0.1) is 0 Å². The minimum atomic E-state index is -4.75. The Kier molecular flexibility index (Phi) is 50.8. The first kappa shape index (κ1) is 67.4. The summed E-state index contributed by atoms with van der Waals surface area (Å²) in [5.41, 5.74) is 0. The summed E-state index contributed by atoms with van der Waals surface area (Å²) in [4.78, 5) is 48.4. The van der Waals surface area contributed by atoms with E-state index in [1.165, 1.54) is 96.3 Å². The number of phosphoric ester groups is 1. The minimum Gasteiger partial charge on any atom is -0.462 e. The first-order valence-electron chi connectivity index (χ1n) is 28.5. The second-order valence-corrected chi connectivity index (χ2v) is 20.6. The van der Waals surface area contributed by atoms with E-state index in [-0.39, 0.29) is 25.9 Å². The first-order valence-corrected chi connectivity index (χ1v) is 30.0. The molecule has 3 unspecified atom stereocenters. The van der Waals surface area contributed by atoms with Gasteiger partial charge in [0.1, 0.15) is 12.7 Å². The van der Waals surface area contributed by atoms with Crippen molar-refractivity contribution in [3.63, 3.8) is 0 Å². The number of hydrogen-bond acceptors (Lipinski definition) is 10. The molecule has 0 saturated heterocycles. The van der Waals surface area contributed by atoms with Crippen molar-refractivity contribution in [2.24, 2.45) is 0 Å². The van der Waals surface area contributed by atoms with E-state index in [4.69, 9.17) is 23.3 Å². The second-order valence-electron chi connectivity index (χ2n) is 19.1. The van der Waals surface area contributed by atoms with Crippen molar-refractivity contribution >= 4 is 25.7 Å². The highest BCUT2D eigenvalue weighted by atomic mass is 31.2. The molecular weight excluding hydrogens is 904 g/mol. The quantitative estimate of drug-likeness (QED) is 0.0197. The average Bonchev–Trinajstić information content (AvgIpc) is 3.35. The molecule has 0 aliphatic carbocycles. The zero-order valence-corrected chi connectivity index (χ0v) is 45.9. The summed E-state index contributed by atoms with van der Waals surface area (Å²) in [7, 11) is -4.75. The highest BCUT2D eigenvalue weighted by Crippen LogP contribution is 2.43. The number of aliphatic hydroxyl groups is 1. The lowest BCUT2D eigenvalue weighted by atomic mass is 10.1. The third-order valence-electron chi connectivity index (χ3n) is 12.2. The topological polar surface area (TPSA) is 155 Å². The number of allylic oxidation sites excluding steroid dienone is 8. The van der Waals surface area contributed by atoms with E-state index in [9.17, 15) is 28.9 Å². The van der Waals surface area contributed by atoms with Gasteiger partial charge in [-0.3, -0.25) is 23.4 Å². The maximum Gasteiger partial charge on any atom is 0.472 e. The van der Waals surface area contributed by atoms with Crippen LogP contribution in [0.3, 0.4) is 0 Å². The number of ether oxygens (including phenoxy) is 3. The Balaban J connectivity index is 4.74. The number of rotatable bonds is 53. The van der Waals surface area contributed by atoms with Gasteiger partial charge in [0.15, 0.2) is 6.10 Å². The van der Waals surface area contributed by atoms with Crippen LogP contribution in [0.5, 0.6) is 0 Å². The molecule has 12 heteroatoms. The van der Waals surface area contributed by atoms with Crippen molar-refractivity contribution in [3.05, 3.63) is 48.6 Å². The van der Waals surface area contributed by atoms with Gasteiger partial charge in [-0.25, -0.2) is 4.57 Å². The molecule has 2 N–H and O–H groups in total. The molecule has 408 valence electrons. The zero-order valence-electron chi connectivity index (χ0n) is 45.0. The highest BCUT2D eigenvalue weighted by Gasteiger charge is 2.28. The molecule has 11 nitrogen and oxygen atoms in total. The van der Waals surface area contributed by atoms with E-state index in [0.29, 0.717) is 19.3 Å². The Morgan fingerprint density at radius 1 is 0.400 bits per heavy atom. The summed E-state index contributed by atoms with van der Waals surface area (Å²) in [6, 6.07) is 0. The maximum atomic E-state index is 12.9. The van der Waals surface area contributed by atoms with E-state index in [1.807, 2.05) is 0 Å². The van der Waals surface area contributed by atoms with Gasteiger partial charge in [-0.15, -0.1) is 0 Å². The number of carbonyl (C=O) groups is 3. The van der Waals surface area contributed by atoms with E-state index in [0.717, 1.165) is 109 Å². The normalized spacial score (nSPS) is 13.7. The lowest BCUT2D eigenvalue weighted by Crippen LogP contribution is -2.30. The summed E-state index contributed by atoms with van der Waals surface area (Å²) < 4.78 is 39.4. The van der Waals surface area contributed by atoms with E-state index in [1.54, 1.807) is 0 Å². The molecule has 0 saturated carbocycles. The summed E-state index contributed by atoms with van der Waals surface area (Å²) in [5, 5.41) is 9.78. The zero-order chi connectivity index (χ0) is 51.3. The number of carbonyl (C=O) groups excluding carboxylic acids is 3. The summed E-state index contributed by atoms with van der Waals surface area (Å²) >= 11 is 0. The number of esters is 3. The first-order chi connectivity index (χ1) is 34.2. The molecule has 0 aromatic carbocycles. The Morgan fingerprint density at radius 3 is 1.13 bits per heavy atom. The molecule has 0 spiro atoms. The molecule has 70 heavy (non-hydrogen) atoms. The van der Waals surface area contributed by atoms with Gasteiger partial charge >= 0.3 is 25.7 Å². The molecule has 0 heterocycles. The predicted octanol–water partition coefficient (Wildman–Crippen LogP) is 16.6. The van der Waals surface area contributed by atoms with Gasteiger partial charge < -0.3 is 24.2 Å². The lowest BCUT2D eigenvalue weighted by molar-refractivity contribution is -0.161. The second kappa shape index (κ2) is 52.8. The summed E-state index contributed by atoms with van der Waals surface area (Å²) in [6.45, 7) is 4.59. The number of phosphoric acid groups is 1. The van der Waals surface area contributed by atoms with Gasteiger partial charge in [-0.05, 0) is 83.5 Å². The van der Waals surface area contributed by atoms with Crippen LogP contribution < -0.4 is 0 Å². The van der Waals surface area contributed by atoms with E-state index < -0.39 is 57.8 Å². The van der Waals surface area contributed by atoms with Gasteiger partial charge in [0, 0.05) is 19.3 Å². The average molecular weight is 1010 g/mol. The molecule has 0 aromatic rings. The van der Waals surface area contributed by atoms with Crippen LogP contribution in [-0.2, 0) is 42.2 Å². The van der Waals surface area contributed by atoms with Crippen molar-refractivity contribution in [1.29, 1.82) is 0 Å². The molecule has 0 amide bonds. The monoisotopic (exact) mass is 1010 g/mol. The predicted molar refractivity (Wildman–Crippen MR) is 289 cm³/mol. The standard InChI is InChI=1S/C58H105O11P/c1-4-7-10-13-16-19-22-24-25-26-27-28-29-31-34-37-40-43-46-49-58(62)69-55(51-65-56(60)47-44-41-38-35-33-30-23-20-17-14-11-8-5-2)53-67-70(63,64)66-52-54(50-59)68-57(61)48-45-42-39-36-32-21-18-15-12-9-6-3/h16,19-20,23-25,27-28,54-55,59H,4-15,17-18,21-22,26,29-53H2,1-3H3,(H,63,64)/b19-16-,23-20-,25-24-,28-27-. The van der Waals surface area contributed by atoms with Crippen LogP contribution in [-0.4, -0.2) is 66.5 Å². The highest BCUT2D eigenvalue weighted by molar-refractivity contribution is 7.47. The van der Waals surface area contributed by atoms with E-state index in [2.05, 4.69) is 69.4 Å². The summed E-state index contributed by atoms with van der Waals surface area (Å²) in [5.74, 6) is -1.48. The fraction of sp³-hybridized carbons (Fsp3) is 0.810. The molecule has 0 aromatic heterocycles. The van der Waals surface area contributed by atoms with Gasteiger partial charge in [0.2, 0.25) is 0 Å². The van der Waals surface area contributed by atoms with Crippen LogP contribution in [0.15, 0.2) is 48.6 Å². The van der Waals surface area contributed by atoms with Crippen LogP contribution in [0.2, 0.25) is 0 Å². The smallest absolute Gasteiger partial charge is 0.462 e. The Morgan fingerprint density at radius 2 is 0.700 bits per heavy atom. The molecular formula is C58H105O11P. The molecule has 3 atom stereocenters. The molecule has 0 aliphatic heterocycles. The van der Waals surface area contributed by atoms with Crippen LogP contribution in [0.25, 0.3) is 0 Å². The van der Waals surface area contributed by atoms with Gasteiger partial charge in [-0.1, -0.05) is 211 Å². The van der Waals surface area contributed by atoms with Crippen LogP contribution in [0.4, 0.5) is 0 Å². The molecule has 0 bridgehead atoms. The Bertz CT molecular complexity index is 1360. The Hall–Kier alpha value is -2.56. The molecule has 0 aliphatic rings. The van der Waals surface area contributed by atoms with Crippen molar-refractivity contribution in [2.45, 2.75) is 277 Å². The van der Waals surface area contributed by atoms with Crippen molar-refractivity contribution in [2.75, 3.05) is 26.4 Å². The lowest BCUT2D eigenvalue weighted by Gasteiger charge is -2.21. The van der Waals surface area contributed by atoms with E-state index >= 15 is 0 Å². The third kappa shape index (κ3) is 50.4. The summed E-state index contributed by atoms with van der Waals surface area (Å²) in [6.07, 6.45) is 54.9. The molecule has 0 rings (SSSR count). The molecule has 0 radical (unpaired) electrons. The Labute approximate surface area is 428 Å². The van der Waals surface area contributed by atoms with Gasteiger partial charge in [0.25, 0.3) is 0 Å². The number of aliphatic hydroxyl groups excluding tert-OH is 1. The van der Waals surface area contributed by atoms with Gasteiger partial charge in [0.05, 0.1) is 19.8 Å². The van der Waals surface area contributed by atoms with Crippen molar-refractivity contribution in [1.82, 2.24) is 0 Å². The maximum absolute atomic E-state index is 12.9. The fourth-order valence-corrected chi connectivity index (χ4v) is 8.61. The van der Waals surface area contributed by atoms with Crippen LogP contribution >= 0.6 is 7.82 Å². The fourth-order valence-electron chi connectivity index (χ4n) is 7.83. The van der Waals surface area contributed by atoms with Crippen LogP contribution in [0.1, 0.15) is 265 Å².